The van der Waals surface area contributed by atoms with E-state index in [9.17, 15) is 0 Å². The molecular formula is C19H29N5OS. The molecule has 1 aliphatic carbocycles. The van der Waals surface area contributed by atoms with Crippen LogP contribution in [0.5, 0.6) is 0 Å². The minimum Gasteiger partial charge on any atom is -0.365 e. The van der Waals surface area contributed by atoms with Crippen LogP contribution >= 0.6 is 11.5 Å². The molecule has 3 aliphatic rings. The highest BCUT2D eigenvalue weighted by molar-refractivity contribution is 7.09. The Balaban J connectivity index is 1.12. The lowest BCUT2D eigenvalue weighted by atomic mass is 10.1. The highest BCUT2D eigenvalue weighted by Crippen LogP contribution is 2.40. The Morgan fingerprint density at radius 2 is 1.81 bits per heavy atom. The molecule has 0 amide bonds. The van der Waals surface area contributed by atoms with E-state index in [0.717, 1.165) is 69.6 Å². The molecule has 1 saturated carbocycles. The molecule has 2 saturated heterocycles. The fraction of sp³-hybridized carbons (Fsp3) is 0.789. The monoisotopic (exact) mass is 375 g/mol. The van der Waals surface area contributed by atoms with Gasteiger partial charge < -0.3 is 14.5 Å². The molecule has 1 aromatic rings. The fourth-order valence-electron chi connectivity index (χ4n) is 3.46. The van der Waals surface area contributed by atoms with Gasteiger partial charge >= 0.3 is 0 Å². The van der Waals surface area contributed by atoms with Crippen molar-refractivity contribution in [3.8, 4) is 11.8 Å². The largest absolute Gasteiger partial charge is 0.365 e. The van der Waals surface area contributed by atoms with Gasteiger partial charge in [-0.2, -0.15) is 4.37 Å². The number of aromatic nitrogens is 2. The molecule has 0 spiro atoms. The normalized spacial score (nSPS) is 23.0. The quantitative estimate of drug-likeness (QED) is 0.730. The third-order valence-corrected chi connectivity index (χ3v) is 6.29. The van der Waals surface area contributed by atoms with Crippen LogP contribution in [0, 0.1) is 11.8 Å². The number of nitrogens with zero attached hydrogens (tertiary/aromatic N) is 5. The van der Waals surface area contributed by atoms with Crippen LogP contribution in [-0.4, -0.2) is 84.7 Å². The maximum absolute atomic E-state index is 5.97. The molecule has 6 nitrogen and oxygen atoms in total. The van der Waals surface area contributed by atoms with Crippen molar-refractivity contribution in [1.29, 1.82) is 0 Å². The van der Waals surface area contributed by atoms with Crippen LogP contribution in [0.4, 0.5) is 5.13 Å². The molecule has 0 aromatic carbocycles. The predicted octanol–water partition coefficient (Wildman–Crippen LogP) is 1.65. The smallest absolute Gasteiger partial charge is 0.205 e. The van der Waals surface area contributed by atoms with Gasteiger partial charge in [0, 0.05) is 56.7 Å². The van der Waals surface area contributed by atoms with E-state index in [-0.39, 0.29) is 0 Å². The van der Waals surface area contributed by atoms with Crippen molar-refractivity contribution >= 4 is 16.7 Å². The summed E-state index contributed by atoms with van der Waals surface area (Å²) in [4.78, 5) is 11.9. The summed E-state index contributed by atoms with van der Waals surface area (Å²) < 4.78 is 10.5. The van der Waals surface area contributed by atoms with Crippen molar-refractivity contribution in [2.75, 3.05) is 64.4 Å². The molecule has 7 heteroatoms. The van der Waals surface area contributed by atoms with Crippen LogP contribution in [-0.2, 0) is 4.74 Å². The zero-order valence-corrected chi connectivity index (χ0v) is 16.5. The Morgan fingerprint density at radius 3 is 2.54 bits per heavy atom. The zero-order valence-electron chi connectivity index (χ0n) is 15.7. The second kappa shape index (κ2) is 8.66. The van der Waals surface area contributed by atoms with E-state index in [1.165, 1.54) is 12.8 Å². The van der Waals surface area contributed by atoms with E-state index < -0.39 is 0 Å². The number of piperazine rings is 1. The number of ether oxygens (including phenoxy) is 1. The molecule has 1 aromatic heterocycles. The Hall–Kier alpha value is -1.20. The van der Waals surface area contributed by atoms with Crippen molar-refractivity contribution in [2.24, 2.45) is 0 Å². The Labute approximate surface area is 160 Å². The Morgan fingerprint density at radius 1 is 1.04 bits per heavy atom. The number of anilines is 1. The van der Waals surface area contributed by atoms with Crippen LogP contribution in [0.2, 0.25) is 0 Å². The Bertz CT molecular complexity index is 634. The molecule has 26 heavy (non-hydrogen) atoms. The van der Waals surface area contributed by atoms with Gasteiger partial charge in [-0.3, -0.25) is 4.90 Å². The maximum atomic E-state index is 5.97. The van der Waals surface area contributed by atoms with Crippen molar-refractivity contribution < 1.29 is 4.74 Å². The predicted molar refractivity (Wildman–Crippen MR) is 105 cm³/mol. The van der Waals surface area contributed by atoms with Crippen molar-refractivity contribution in [2.45, 2.75) is 37.7 Å². The second-order valence-electron chi connectivity index (χ2n) is 7.64. The van der Waals surface area contributed by atoms with Crippen molar-refractivity contribution in [3.05, 3.63) is 5.82 Å². The highest BCUT2D eigenvalue weighted by atomic mass is 32.1. The van der Waals surface area contributed by atoms with Crippen LogP contribution < -0.4 is 4.90 Å². The molecule has 0 bridgehead atoms. The van der Waals surface area contributed by atoms with Gasteiger partial charge in [0.05, 0.1) is 12.6 Å². The van der Waals surface area contributed by atoms with Crippen LogP contribution in [0.25, 0.3) is 0 Å². The molecule has 2 aliphatic heterocycles. The lowest BCUT2D eigenvalue weighted by Gasteiger charge is -2.31. The van der Waals surface area contributed by atoms with Gasteiger partial charge in [0.2, 0.25) is 5.13 Å². The number of piperidine rings is 1. The summed E-state index contributed by atoms with van der Waals surface area (Å²) in [6, 6.07) is 0. The molecular weight excluding hydrogens is 346 g/mol. The van der Waals surface area contributed by atoms with Gasteiger partial charge in [-0.05, 0) is 32.7 Å². The van der Waals surface area contributed by atoms with E-state index in [0.29, 0.717) is 18.6 Å². The standard InChI is InChI=1S/C19H29N5OS/c1-22-11-13-23(14-12-22)8-2-3-15-25-17-6-9-24(10-7-17)19-20-18(21-26-19)16-4-5-16/h16-17H,4-15H2,1H3. The topological polar surface area (TPSA) is 44.7 Å². The minimum absolute atomic E-state index is 0.333. The Kier molecular flexibility index (Phi) is 6.05. The van der Waals surface area contributed by atoms with E-state index in [1.54, 1.807) is 11.5 Å². The number of hydrogen-bond donors (Lipinski definition) is 0. The number of likely N-dealkylation sites (N-methyl/N-ethyl adjacent to an activating group) is 1. The van der Waals surface area contributed by atoms with E-state index in [1.807, 2.05) is 0 Å². The second-order valence-corrected chi connectivity index (χ2v) is 8.37. The summed E-state index contributed by atoms with van der Waals surface area (Å²) >= 11 is 1.56. The SMILES string of the molecule is CN1CCN(CC#CCOC2CCN(c3nc(C4CC4)ns3)CC2)CC1. The van der Waals surface area contributed by atoms with Crippen LogP contribution in [0.3, 0.4) is 0 Å². The van der Waals surface area contributed by atoms with E-state index >= 15 is 0 Å². The van der Waals surface area contributed by atoms with Crippen molar-refractivity contribution in [3.63, 3.8) is 0 Å². The van der Waals surface area contributed by atoms with Crippen LogP contribution in [0.1, 0.15) is 37.4 Å². The lowest BCUT2D eigenvalue weighted by molar-refractivity contribution is 0.0594. The average Bonchev–Trinajstić information content (AvgIpc) is 3.41. The summed E-state index contributed by atoms with van der Waals surface area (Å²) in [6.45, 7) is 7.99. The molecule has 0 N–H and O–H groups in total. The molecule has 142 valence electrons. The number of hydrogen-bond acceptors (Lipinski definition) is 7. The number of rotatable bonds is 5. The van der Waals surface area contributed by atoms with Gasteiger partial charge in [0.25, 0.3) is 0 Å². The highest BCUT2D eigenvalue weighted by Gasteiger charge is 2.29. The fourth-order valence-corrected chi connectivity index (χ4v) is 4.26. The minimum atomic E-state index is 0.333. The summed E-state index contributed by atoms with van der Waals surface area (Å²) in [6.07, 6.45) is 4.97. The van der Waals surface area contributed by atoms with Gasteiger partial charge in [-0.1, -0.05) is 11.8 Å². The first kappa shape index (κ1) is 18.2. The average molecular weight is 376 g/mol. The molecule has 0 atom stereocenters. The molecule has 4 rings (SSSR count). The van der Waals surface area contributed by atoms with Crippen molar-refractivity contribution in [1.82, 2.24) is 19.2 Å². The first-order valence-corrected chi connectivity index (χ1v) is 10.6. The first-order chi connectivity index (χ1) is 12.8. The molecule has 3 fully saturated rings. The third kappa shape index (κ3) is 4.95. The summed E-state index contributed by atoms with van der Waals surface area (Å²) in [5, 5.41) is 1.09. The maximum Gasteiger partial charge on any atom is 0.205 e. The molecule has 0 radical (unpaired) electrons. The first-order valence-electron chi connectivity index (χ1n) is 9.85. The van der Waals surface area contributed by atoms with Crippen LogP contribution in [0.15, 0.2) is 0 Å². The van der Waals surface area contributed by atoms with Gasteiger partial charge in [0.15, 0.2) is 0 Å². The summed E-state index contributed by atoms with van der Waals surface area (Å²) in [7, 11) is 2.18. The lowest BCUT2D eigenvalue weighted by Crippen LogP contribution is -2.44. The summed E-state index contributed by atoms with van der Waals surface area (Å²) in [5.41, 5.74) is 0. The van der Waals surface area contributed by atoms with Gasteiger partial charge in [-0.15, -0.1) is 0 Å². The summed E-state index contributed by atoms with van der Waals surface area (Å²) in [5.74, 6) is 8.18. The van der Waals surface area contributed by atoms with Gasteiger partial charge in [-0.25, -0.2) is 4.98 Å². The zero-order chi connectivity index (χ0) is 17.8. The molecule has 3 heterocycles. The third-order valence-electron chi connectivity index (χ3n) is 5.50. The van der Waals surface area contributed by atoms with E-state index in [2.05, 4.69) is 38.0 Å². The van der Waals surface area contributed by atoms with Gasteiger partial charge in [0.1, 0.15) is 12.4 Å². The van der Waals surface area contributed by atoms with E-state index in [4.69, 9.17) is 9.72 Å². The molecule has 0 unspecified atom stereocenters.